The van der Waals surface area contributed by atoms with Crippen LogP contribution in [0.25, 0.3) is 0 Å². The highest BCUT2D eigenvalue weighted by molar-refractivity contribution is 6.30. The number of ether oxygens (including phenoxy) is 1. The number of ketones is 1. The zero-order valence-corrected chi connectivity index (χ0v) is 12.1. The molecule has 0 fully saturated rings. The lowest BCUT2D eigenvalue weighted by Gasteiger charge is -2.19. The smallest absolute Gasteiger partial charge is 0.129 e. The molecule has 0 amide bonds. The van der Waals surface area contributed by atoms with Gasteiger partial charge in [-0.2, -0.15) is 0 Å². The van der Waals surface area contributed by atoms with Crippen molar-refractivity contribution in [3.8, 4) is 5.75 Å². The minimum atomic E-state index is 0.230. The van der Waals surface area contributed by atoms with E-state index in [9.17, 15) is 4.79 Å². The number of Topliss-reactive ketones (excluding diaryl/α,β-unsaturated/α-hetero) is 1. The van der Waals surface area contributed by atoms with Crippen molar-refractivity contribution in [2.45, 2.75) is 46.0 Å². The van der Waals surface area contributed by atoms with E-state index >= 15 is 0 Å². The number of carbonyl (C=O) groups excluding carboxylic acids is 1. The van der Waals surface area contributed by atoms with Gasteiger partial charge in [-0.1, -0.05) is 18.5 Å². The van der Waals surface area contributed by atoms with E-state index in [2.05, 4.69) is 6.92 Å². The van der Waals surface area contributed by atoms with E-state index in [-0.39, 0.29) is 5.78 Å². The van der Waals surface area contributed by atoms with E-state index in [1.54, 1.807) is 6.92 Å². The Morgan fingerprint density at radius 1 is 1.39 bits per heavy atom. The first kappa shape index (κ1) is 15.0. The van der Waals surface area contributed by atoms with Crippen molar-refractivity contribution < 1.29 is 9.53 Å². The summed E-state index contributed by atoms with van der Waals surface area (Å²) in [7, 11) is 0. The Kier molecular flexibility index (Phi) is 6.20. The van der Waals surface area contributed by atoms with Crippen molar-refractivity contribution in [1.29, 1.82) is 0 Å². The van der Waals surface area contributed by atoms with Crippen LogP contribution in [0, 0.1) is 0 Å². The molecular formula is C15H21ClO2. The van der Waals surface area contributed by atoms with Gasteiger partial charge in [-0.3, -0.25) is 0 Å². The van der Waals surface area contributed by atoms with Gasteiger partial charge in [-0.25, -0.2) is 0 Å². The maximum Gasteiger partial charge on any atom is 0.129 e. The van der Waals surface area contributed by atoms with Gasteiger partial charge in [0.15, 0.2) is 0 Å². The number of halogens is 1. The largest absolute Gasteiger partial charge is 0.494 e. The lowest BCUT2D eigenvalue weighted by Crippen LogP contribution is -2.04. The quantitative estimate of drug-likeness (QED) is 0.722. The molecule has 0 heterocycles. The normalized spacial score (nSPS) is 12.2. The number of rotatable bonds is 7. The van der Waals surface area contributed by atoms with Gasteiger partial charge in [0, 0.05) is 11.4 Å². The fourth-order valence-corrected chi connectivity index (χ4v) is 2.26. The monoisotopic (exact) mass is 268 g/mol. The summed E-state index contributed by atoms with van der Waals surface area (Å²) in [6, 6.07) is 5.71. The van der Waals surface area contributed by atoms with E-state index in [1.165, 1.54) is 0 Å². The maximum absolute atomic E-state index is 11.1. The van der Waals surface area contributed by atoms with Crippen LogP contribution in [0.2, 0.25) is 5.02 Å². The van der Waals surface area contributed by atoms with E-state index in [0.717, 1.165) is 29.2 Å². The summed E-state index contributed by atoms with van der Waals surface area (Å²) in [6.07, 6.45) is 2.44. The summed E-state index contributed by atoms with van der Waals surface area (Å²) in [5.41, 5.74) is 1.12. The Balaban J connectivity index is 2.94. The molecule has 0 aliphatic heterocycles. The van der Waals surface area contributed by atoms with Gasteiger partial charge in [-0.05, 0) is 56.4 Å². The molecule has 100 valence electrons. The van der Waals surface area contributed by atoms with Gasteiger partial charge < -0.3 is 9.53 Å². The van der Waals surface area contributed by atoms with E-state index in [0.29, 0.717) is 18.9 Å². The first-order valence-electron chi connectivity index (χ1n) is 6.50. The molecule has 0 aromatic heterocycles. The predicted octanol–water partition coefficient (Wildman–Crippen LogP) is 4.60. The van der Waals surface area contributed by atoms with Gasteiger partial charge in [0.25, 0.3) is 0 Å². The molecule has 1 unspecified atom stereocenters. The van der Waals surface area contributed by atoms with Crippen molar-refractivity contribution in [2.24, 2.45) is 0 Å². The van der Waals surface area contributed by atoms with Crippen LogP contribution in [0.5, 0.6) is 5.75 Å². The summed E-state index contributed by atoms with van der Waals surface area (Å²) in [6.45, 7) is 6.36. The Hall–Kier alpha value is -1.02. The molecule has 2 nitrogen and oxygen atoms in total. The van der Waals surface area contributed by atoms with Crippen LogP contribution in [-0.4, -0.2) is 12.4 Å². The highest BCUT2D eigenvalue weighted by atomic mass is 35.5. The minimum Gasteiger partial charge on any atom is -0.494 e. The molecule has 18 heavy (non-hydrogen) atoms. The molecule has 3 heteroatoms. The third-order valence-corrected chi connectivity index (χ3v) is 3.28. The molecule has 0 bridgehead atoms. The molecule has 0 N–H and O–H groups in total. The fraction of sp³-hybridized carbons (Fsp3) is 0.533. The summed E-state index contributed by atoms with van der Waals surface area (Å²) >= 11 is 6.06. The second-order valence-electron chi connectivity index (χ2n) is 4.46. The van der Waals surface area contributed by atoms with E-state index in [1.807, 2.05) is 25.1 Å². The first-order chi connectivity index (χ1) is 8.58. The van der Waals surface area contributed by atoms with E-state index in [4.69, 9.17) is 16.3 Å². The third-order valence-electron chi connectivity index (χ3n) is 3.05. The number of hydrogen-bond donors (Lipinski definition) is 0. The summed E-state index contributed by atoms with van der Waals surface area (Å²) in [4.78, 5) is 11.1. The average Bonchev–Trinajstić information content (AvgIpc) is 2.33. The molecule has 0 spiro atoms. The zero-order chi connectivity index (χ0) is 13.5. The van der Waals surface area contributed by atoms with Gasteiger partial charge in [0.2, 0.25) is 0 Å². The van der Waals surface area contributed by atoms with Gasteiger partial charge in [-0.15, -0.1) is 0 Å². The molecule has 0 saturated carbocycles. The summed E-state index contributed by atoms with van der Waals surface area (Å²) in [5.74, 6) is 1.44. The summed E-state index contributed by atoms with van der Waals surface area (Å²) < 4.78 is 5.64. The van der Waals surface area contributed by atoms with Gasteiger partial charge in [0.05, 0.1) is 6.61 Å². The molecule has 0 radical (unpaired) electrons. The molecule has 0 saturated heterocycles. The van der Waals surface area contributed by atoms with Crippen LogP contribution in [0.3, 0.4) is 0 Å². The number of hydrogen-bond acceptors (Lipinski definition) is 2. The van der Waals surface area contributed by atoms with Gasteiger partial charge in [0.1, 0.15) is 11.5 Å². The van der Waals surface area contributed by atoms with E-state index < -0.39 is 0 Å². The van der Waals surface area contributed by atoms with Gasteiger partial charge >= 0.3 is 0 Å². The van der Waals surface area contributed by atoms with Crippen molar-refractivity contribution >= 4 is 17.4 Å². The van der Waals surface area contributed by atoms with Crippen LogP contribution in [0.15, 0.2) is 18.2 Å². The highest BCUT2D eigenvalue weighted by Crippen LogP contribution is 2.34. The SMILES string of the molecule is CCOc1ccc(Cl)cc1C(CC)CCC(C)=O. The van der Waals surface area contributed by atoms with Crippen molar-refractivity contribution in [3.05, 3.63) is 28.8 Å². The third kappa shape index (κ3) is 4.34. The van der Waals surface area contributed by atoms with Crippen LogP contribution in [0.1, 0.15) is 51.5 Å². The number of carbonyl (C=O) groups is 1. The number of benzene rings is 1. The second kappa shape index (κ2) is 7.42. The predicted molar refractivity (Wildman–Crippen MR) is 75.6 cm³/mol. The molecular weight excluding hydrogens is 248 g/mol. The van der Waals surface area contributed by atoms with Crippen LogP contribution >= 0.6 is 11.6 Å². The topological polar surface area (TPSA) is 26.3 Å². The Morgan fingerprint density at radius 2 is 2.11 bits per heavy atom. The Labute approximate surface area is 114 Å². The molecule has 1 aromatic rings. The molecule has 1 atom stereocenters. The van der Waals surface area contributed by atoms with Crippen molar-refractivity contribution in [3.63, 3.8) is 0 Å². The Morgan fingerprint density at radius 3 is 2.67 bits per heavy atom. The molecule has 1 rings (SSSR count). The maximum atomic E-state index is 11.1. The fourth-order valence-electron chi connectivity index (χ4n) is 2.08. The zero-order valence-electron chi connectivity index (χ0n) is 11.3. The minimum absolute atomic E-state index is 0.230. The average molecular weight is 269 g/mol. The first-order valence-corrected chi connectivity index (χ1v) is 6.87. The summed E-state index contributed by atoms with van der Waals surface area (Å²) in [5, 5.41) is 0.717. The lowest BCUT2D eigenvalue weighted by atomic mass is 9.90. The standard InChI is InChI=1S/C15H21ClO2/c1-4-12(7-6-11(3)17)14-10-13(16)8-9-15(14)18-5-2/h8-10,12H,4-7H2,1-3H3. The second-order valence-corrected chi connectivity index (χ2v) is 4.90. The van der Waals surface area contributed by atoms with Crippen molar-refractivity contribution in [1.82, 2.24) is 0 Å². The molecule has 1 aromatic carbocycles. The highest BCUT2D eigenvalue weighted by Gasteiger charge is 2.16. The van der Waals surface area contributed by atoms with Crippen LogP contribution in [0.4, 0.5) is 0 Å². The van der Waals surface area contributed by atoms with Crippen LogP contribution in [-0.2, 0) is 4.79 Å². The van der Waals surface area contributed by atoms with Crippen LogP contribution < -0.4 is 4.74 Å². The Bertz CT molecular complexity index is 401. The van der Waals surface area contributed by atoms with Crippen molar-refractivity contribution in [2.75, 3.05) is 6.61 Å². The molecule has 0 aliphatic rings. The lowest BCUT2D eigenvalue weighted by molar-refractivity contribution is -0.117. The molecule has 0 aliphatic carbocycles.